The lowest BCUT2D eigenvalue weighted by atomic mass is 9.94. The molecule has 1 aliphatic rings. The van der Waals surface area contributed by atoms with E-state index in [9.17, 15) is 19.7 Å². The lowest BCUT2D eigenvalue weighted by Crippen LogP contribution is -3.17. The van der Waals surface area contributed by atoms with Crippen LogP contribution >= 0.6 is 0 Å². The van der Waals surface area contributed by atoms with E-state index in [1.54, 1.807) is 13.0 Å². The van der Waals surface area contributed by atoms with Crippen LogP contribution in [-0.2, 0) is 27.3 Å². The van der Waals surface area contributed by atoms with E-state index in [-0.39, 0.29) is 24.1 Å². The number of fused-ring (bicyclic) bond motifs is 1. The van der Waals surface area contributed by atoms with Crippen LogP contribution < -0.4 is 10.2 Å². The van der Waals surface area contributed by atoms with Gasteiger partial charge in [0.2, 0.25) is 0 Å². The van der Waals surface area contributed by atoms with E-state index < -0.39 is 11.0 Å². The van der Waals surface area contributed by atoms with Crippen LogP contribution in [0, 0.1) is 17.0 Å². The molecule has 8 nitrogen and oxygen atoms in total. The Morgan fingerprint density at radius 2 is 1.96 bits per heavy atom. The Balaban J connectivity index is 1.77. The van der Waals surface area contributed by atoms with Gasteiger partial charge in [-0.25, -0.2) is 4.79 Å². The number of non-ortho nitro benzene ring substituents is 1. The number of nitro benzene ring substituents is 1. The molecule has 0 saturated carbocycles. The number of quaternary nitrogens is 1. The van der Waals surface area contributed by atoms with E-state index in [1.165, 1.54) is 19.2 Å². The summed E-state index contributed by atoms with van der Waals surface area (Å²) in [6, 6.07) is 11.7. The molecular formula is C20H22N3O5+. The van der Waals surface area contributed by atoms with Crippen LogP contribution in [-0.4, -0.2) is 36.5 Å². The predicted octanol–water partition coefficient (Wildman–Crippen LogP) is 1.02. The SMILES string of the molecule is COC(=O)[C@@H]1Cc2ccccc2C[NH+]1CC(=O)Nc1cc([N+](=O)[O-])ccc1C. The molecule has 1 unspecified atom stereocenters. The number of nitrogens with zero attached hydrogens (tertiary/aromatic N) is 1. The van der Waals surface area contributed by atoms with Crippen molar-refractivity contribution in [1.82, 2.24) is 0 Å². The first kappa shape index (κ1) is 19.5. The Bertz CT molecular complexity index is 928. The first-order valence-corrected chi connectivity index (χ1v) is 8.93. The minimum Gasteiger partial charge on any atom is -0.465 e. The molecule has 1 heterocycles. The van der Waals surface area contributed by atoms with E-state index >= 15 is 0 Å². The molecule has 0 fully saturated rings. The highest BCUT2D eigenvalue weighted by Crippen LogP contribution is 2.21. The fourth-order valence-electron chi connectivity index (χ4n) is 3.50. The molecule has 0 radical (unpaired) electrons. The van der Waals surface area contributed by atoms with Crippen molar-refractivity contribution in [1.29, 1.82) is 0 Å². The number of anilines is 1. The summed E-state index contributed by atoms with van der Waals surface area (Å²) >= 11 is 0. The average Bonchev–Trinajstić information content (AvgIpc) is 2.68. The van der Waals surface area contributed by atoms with Gasteiger partial charge in [-0.15, -0.1) is 0 Å². The maximum Gasteiger partial charge on any atom is 0.365 e. The standard InChI is InChI=1S/C20H21N3O5/c1-13-7-8-16(23(26)27)10-17(13)21-19(24)12-22-11-15-6-4-3-5-14(15)9-18(22)20(25)28-2/h3-8,10,18H,9,11-12H2,1-2H3,(H,21,24)/p+1/t18-/m0/s1. The molecule has 146 valence electrons. The second-order valence-corrected chi connectivity index (χ2v) is 6.86. The summed E-state index contributed by atoms with van der Waals surface area (Å²) < 4.78 is 4.93. The molecule has 2 N–H and O–H groups in total. The number of methoxy groups -OCH3 is 1. The number of carbonyl (C=O) groups is 2. The quantitative estimate of drug-likeness (QED) is 0.455. The lowest BCUT2D eigenvalue weighted by Gasteiger charge is -2.31. The number of nitrogens with one attached hydrogen (secondary N) is 2. The topological polar surface area (TPSA) is 103 Å². The third kappa shape index (κ3) is 4.17. The second kappa shape index (κ2) is 8.18. The number of rotatable bonds is 5. The first-order chi connectivity index (χ1) is 13.4. The number of benzene rings is 2. The number of esters is 1. The molecule has 3 rings (SSSR count). The van der Waals surface area contributed by atoms with Crippen molar-refractivity contribution in [3.63, 3.8) is 0 Å². The van der Waals surface area contributed by atoms with Gasteiger partial charge in [0.25, 0.3) is 11.6 Å². The normalized spacial score (nSPS) is 18.1. The van der Waals surface area contributed by atoms with Gasteiger partial charge in [0.05, 0.1) is 17.7 Å². The van der Waals surface area contributed by atoms with Crippen molar-refractivity contribution in [2.24, 2.45) is 0 Å². The first-order valence-electron chi connectivity index (χ1n) is 8.93. The number of aryl methyl sites for hydroxylation is 1. The minimum atomic E-state index is -0.505. The van der Waals surface area contributed by atoms with Crippen molar-refractivity contribution in [3.05, 3.63) is 69.3 Å². The molecule has 8 heteroatoms. The maximum atomic E-state index is 12.6. The Kier molecular flexibility index (Phi) is 5.70. The summed E-state index contributed by atoms with van der Waals surface area (Å²) in [7, 11) is 1.34. The maximum absolute atomic E-state index is 12.6. The van der Waals surface area contributed by atoms with Crippen LogP contribution in [0.1, 0.15) is 16.7 Å². The van der Waals surface area contributed by atoms with Gasteiger partial charge in [0.1, 0.15) is 6.54 Å². The monoisotopic (exact) mass is 384 g/mol. The van der Waals surface area contributed by atoms with Crippen molar-refractivity contribution in [2.45, 2.75) is 25.9 Å². The van der Waals surface area contributed by atoms with Gasteiger partial charge >= 0.3 is 5.97 Å². The molecule has 0 spiro atoms. The number of amides is 1. The second-order valence-electron chi connectivity index (χ2n) is 6.86. The van der Waals surface area contributed by atoms with E-state index in [2.05, 4.69) is 5.32 Å². The zero-order valence-corrected chi connectivity index (χ0v) is 15.7. The van der Waals surface area contributed by atoms with Crippen LogP contribution in [0.5, 0.6) is 0 Å². The molecule has 28 heavy (non-hydrogen) atoms. The Morgan fingerprint density at radius 1 is 1.25 bits per heavy atom. The van der Waals surface area contributed by atoms with Crippen LogP contribution in [0.15, 0.2) is 42.5 Å². The molecule has 1 aliphatic heterocycles. The molecule has 0 aliphatic carbocycles. The number of ether oxygens (including phenoxy) is 1. The minimum absolute atomic E-state index is 0.0518. The summed E-state index contributed by atoms with van der Waals surface area (Å²) in [6.07, 6.45) is 0.501. The van der Waals surface area contributed by atoms with Crippen LogP contribution in [0.25, 0.3) is 0 Å². The molecule has 2 aromatic rings. The smallest absolute Gasteiger partial charge is 0.365 e. The Hall–Kier alpha value is -3.26. The Labute approximate surface area is 162 Å². The lowest BCUT2D eigenvalue weighted by molar-refractivity contribution is -0.924. The van der Waals surface area contributed by atoms with Crippen molar-refractivity contribution in [2.75, 3.05) is 19.0 Å². The number of hydrogen-bond acceptors (Lipinski definition) is 5. The molecular weight excluding hydrogens is 362 g/mol. The summed E-state index contributed by atoms with van der Waals surface area (Å²) in [5.41, 5.74) is 3.20. The highest BCUT2D eigenvalue weighted by molar-refractivity contribution is 5.92. The van der Waals surface area contributed by atoms with Gasteiger partial charge in [-0.05, 0) is 18.1 Å². The predicted molar refractivity (Wildman–Crippen MR) is 102 cm³/mol. The van der Waals surface area contributed by atoms with E-state index in [0.717, 1.165) is 21.6 Å². The van der Waals surface area contributed by atoms with Crippen molar-refractivity contribution >= 4 is 23.3 Å². The molecule has 0 bridgehead atoms. The largest absolute Gasteiger partial charge is 0.465 e. The summed E-state index contributed by atoms with van der Waals surface area (Å²) in [6.45, 7) is 2.34. The third-order valence-electron chi connectivity index (χ3n) is 5.03. The van der Waals surface area contributed by atoms with Gasteiger partial charge in [0.15, 0.2) is 12.6 Å². The van der Waals surface area contributed by atoms with Crippen molar-refractivity contribution < 1.29 is 24.1 Å². The highest BCUT2D eigenvalue weighted by Gasteiger charge is 2.37. The average molecular weight is 384 g/mol. The third-order valence-corrected chi connectivity index (χ3v) is 5.03. The highest BCUT2D eigenvalue weighted by atomic mass is 16.6. The van der Waals surface area contributed by atoms with Crippen LogP contribution in [0.3, 0.4) is 0 Å². The zero-order chi connectivity index (χ0) is 20.3. The number of hydrogen-bond donors (Lipinski definition) is 2. The number of nitro groups is 1. The van der Waals surface area contributed by atoms with Gasteiger partial charge in [0, 0.05) is 24.1 Å². The summed E-state index contributed by atoms with van der Waals surface area (Å²) in [4.78, 5) is 36.1. The molecule has 2 aromatic carbocycles. The fraction of sp³-hybridized carbons (Fsp3) is 0.300. The summed E-state index contributed by atoms with van der Waals surface area (Å²) in [5, 5.41) is 13.7. The van der Waals surface area contributed by atoms with Gasteiger partial charge < -0.3 is 15.0 Å². The van der Waals surface area contributed by atoms with E-state index in [0.29, 0.717) is 18.7 Å². The molecule has 1 amide bonds. The number of carbonyl (C=O) groups excluding carboxylic acids is 2. The van der Waals surface area contributed by atoms with Gasteiger partial charge in [-0.2, -0.15) is 0 Å². The van der Waals surface area contributed by atoms with Crippen LogP contribution in [0.2, 0.25) is 0 Å². The van der Waals surface area contributed by atoms with Gasteiger partial charge in [-0.1, -0.05) is 30.3 Å². The van der Waals surface area contributed by atoms with Crippen molar-refractivity contribution in [3.8, 4) is 0 Å². The van der Waals surface area contributed by atoms with E-state index in [1.807, 2.05) is 24.3 Å². The fourth-order valence-corrected chi connectivity index (χ4v) is 3.50. The molecule has 2 atom stereocenters. The van der Waals surface area contributed by atoms with E-state index in [4.69, 9.17) is 4.74 Å². The van der Waals surface area contributed by atoms with Gasteiger partial charge in [-0.3, -0.25) is 14.9 Å². The summed E-state index contributed by atoms with van der Waals surface area (Å²) in [5.74, 6) is -0.671. The molecule has 0 aromatic heterocycles. The van der Waals surface area contributed by atoms with Crippen LogP contribution in [0.4, 0.5) is 11.4 Å². The molecule has 0 saturated heterocycles. The Morgan fingerprint density at radius 3 is 2.64 bits per heavy atom. The zero-order valence-electron chi connectivity index (χ0n) is 15.7.